The summed E-state index contributed by atoms with van der Waals surface area (Å²) in [5, 5.41) is 4.85. The molecule has 36 heavy (non-hydrogen) atoms. The van der Waals surface area contributed by atoms with Crippen molar-refractivity contribution < 1.29 is 9.47 Å². The maximum absolute atomic E-state index is 6.16. The van der Waals surface area contributed by atoms with Gasteiger partial charge in [-0.1, -0.05) is 17.7 Å². The molecule has 1 aliphatic heterocycles. The van der Waals surface area contributed by atoms with Crippen LogP contribution in [0, 0.1) is 13.8 Å². The highest BCUT2D eigenvalue weighted by molar-refractivity contribution is 7.80. The van der Waals surface area contributed by atoms with E-state index in [1.807, 2.05) is 66.9 Å². The molecule has 0 radical (unpaired) electrons. The molecule has 1 saturated heterocycles. The topological polar surface area (TPSA) is 51.5 Å². The standard InChI is InChI=1S/C28H27ClN4O2S/c1-17-15-22(18(2)32(17)20-10-8-19(29)9-11-20)27-26(23-7-5-6-14-30-23)31-28(36)33(27)24-13-12-21(34-3)16-25(24)35-4/h5-16,26-27H,1-4H3,(H,31,36). The summed E-state index contributed by atoms with van der Waals surface area (Å²) in [6.45, 7) is 4.25. The van der Waals surface area contributed by atoms with Crippen LogP contribution >= 0.6 is 23.8 Å². The Balaban J connectivity index is 1.69. The van der Waals surface area contributed by atoms with Gasteiger partial charge < -0.3 is 24.3 Å². The minimum Gasteiger partial charge on any atom is -0.497 e. The van der Waals surface area contributed by atoms with Crippen LogP contribution in [0.5, 0.6) is 11.5 Å². The van der Waals surface area contributed by atoms with E-state index in [4.69, 9.17) is 33.3 Å². The number of hydrogen-bond acceptors (Lipinski definition) is 4. The Morgan fingerprint density at radius 1 is 0.972 bits per heavy atom. The van der Waals surface area contributed by atoms with Crippen LogP contribution in [-0.4, -0.2) is 28.9 Å². The van der Waals surface area contributed by atoms with Crippen molar-refractivity contribution in [2.75, 3.05) is 19.1 Å². The number of rotatable bonds is 6. The fourth-order valence-corrected chi connectivity index (χ4v) is 5.45. The van der Waals surface area contributed by atoms with Gasteiger partial charge in [0, 0.05) is 34.4 Å². The first-order valence-corrected chi connectivity index (χ1v) is 12.4. The lowest BCUT2D eigenvalue weighted by molar-refractivity contribution is 0.394. The van der Waals surface area contributed by atoms with Crippen LogP contribution in [0.2, 0.25) is 5.02 Å². The number of benzene rings is 2. The monoisotopic (exact) mass is 518 g/mol. The first-order chi connectivity index (χ1) is 17.4. The molecule has 0 amide bonds. The minimum absolute atomic E-state index is 0.162. The second-order valence-corrected chi connectivity index (χ2v) is 9.50. The van der Waals surface area contributed by atoms with Crippen LogP contribution in [0.4, 0.5) is 5.69 Å². The Morgan fingerprint density at radius 2 is 1.75 bits per heavy atom. The number of nitrogens with one attached hydrogen (secondary N) is 1. The Hall–Kier alpha value is -3.55. The van der Waals surface area contributed by atoms with Crippen molar-refractivity contribution in [2.24, 2.45) is 0 Å². The van der Waals surface area contributed by atoms with Gasteiger partial charge in [0.15, 0.2) is 5.11 Å². The lowest BCUT2D eigenvalue weighted by atomic mass is 9.96. The van der Waals surface area contributed by atoms with Crippen LogP contribution in [-0.2, 0) is 0 Å². The molecule has 1 fully saturated rings. The molecule has 4 aromatic rings. The van der Waals surface area contributed by atoms with Gasteiger partial charge in [0.05, 0.1) is 37.7 Å². The molecule has 0 saturated carbocycles. The highest BCUT2D eigenvalue weighted by atomic mass is 35.5. The second-order valence-electron chi connectivity index (χ2n) is 8.67. The summed E-state index contributed by atoms with van der Waals surface area (Å²) in [6, 6.07) is 21.5. The zero-order valence-corrected chi connectivity index (χ0v) is 22.1. The molecule has 0 aliphatic carbocycles. The van der Waals surface area contributed by atoms with Crippen LogP contribution in [0.1, 0.15) is 34.7 Å². The molecule has 8 heteroatoms. The number of halogens is 1. The number of ether oxygens (including phenoxy) is 2. The molecule has 1 N–H and O–H groups in total. The van der Waals surface area contributed by atoms with Crippen molar-refractivity contribution in [2.45, 2.75) is 25.9 Å². The van der Waals surface area contributed by atoms with Crippen LogP contribution in [0.3, 0.4) is 0 Å². The normalized spacial score (nSPS) is 17.2. The minimum atomic E-state index is -0.165. The lowest BCUT2D eigenvalue weighted by Crippen LogP contribution is -2.30. The van der Waals surface area contributed by atoms with Crippen molar-refractivity contribution >= 4 is 34.6 Å². The number of nitrogens with zero attached hydrogens (tertiary/aromatic N) is 3. The SMILES string of the molecule is COc1ccc(N2C(=S)NC(c3ccccn3)C2c2cc(C)n(-c3ccc(Cl)cc3)c2C)c(OC)c1. The molecule has 2 unspecified atom stereocenters. The second kappa shape index (κ2) is 9.84. The van der Waals surface area contributed by atoms with Crippen molar-refractivity contribution in [3.8, 4) is 17.2 Å². The van der Waals surface area contributed by atoms with Crippen molar-refractivity contribution in [1.82, 2.24) is 14.9 Å². The van der Waals surface area contributed by atoms with Crippen LogP contribution < -0.4 is 19.7 Å². The third kappa shape index (κ3) is 4.18. The third-order valence-electron chi connectivity index (χ3n) is 6.62. The van der Waals surface area contributed by atoms with Crippen molar-refractivity contribution in [3.05, 3.63) is 101 Å². The molecular weight excluding hydrogens is 492 g/mol. The molecule has 3 heterocycles. The first-order valence-electron chi connectivity index (χ1n) is 11.6. The van der Waals surface area contributed by atoms with Gasteiger partial charge in [0.2, 0.25) is 0 Å². The summed E-state index contributed by atoms with van der Waals surface area (Å²) >= 11 is 12.1. The summed E-state index contributed by atoms with van der Waals surface area (Å²) in [6.07, 6.45) is 1.81. The smallest absolute Gasteiger partial charge is 0.174 e. The summed E-state index contributed by atoms with van der Waals surface area (Å²) in [7, 11) is 3.30. The van der Waals surface area contributed by atoms with Crippen molar-refractivity contribution in [3.63, 3.8) is 0 Å². The highest BCUT2D eigenvalue weighted by Crippen LogP contribution is 2.46. The number of pyridine rings is 1. The van der Waals surface area contributed by atoms with Gasteiger partial charge >= 0.3 is 0 Å². The van der Waals surface area contributed by atoms with E-state index >= 15 is 0 Å². The van der Waals surface area contributed by atoms with Gasteiger partial charge in [-0.05, 0) is 86.2 Å². The number of aromatic nitrogens is 2. The molecule has 2 aromatic heterocycles. The molecule has 1 aliphatic rings. The zero-order valence-electron chi connectivity index (χ0n) is 20.5. The summed E-state index contributed by atoms with van der Waals surface area (Å²) < 4.78 is 13.4. The Kier molecular flexibility index (Phi) is 6.60. The Morgan fingerprint density at radius 3 is 2.42 bits per heavy atom. The van der Waals surface area contributed by atoms with E-state index in [1.165, 1.54) is 0 Å². The number of methoxy groups -OCH3 is 2. The van der Waals surface area contributed by atoms with E-state index in [0.717, 1.165) is 34.0 Å². The van der Waals surface area contributed by atoms with E-state index in [1.54, 1.807) is 14.2 Å². The predicted molar refractivity (Wildman–Crippen MR) is 148 cm³/mol. The van der Waals surface area contributed by atoms with E-state index in [0.29, 0.717) is 21.6 Å². The first kappa shape index (κ1) is 24.2. The van der Waals surface area contributed by atoms with Gasteiger partial charge in [0.25, 0.3) is 0 Å². The maximum atomic E-state index is 6.16. The summed E-state index contributed by atoms with van der Waals surface area (Å²) in [5.74, 6) is 1.39. The van der Waals surface area contributed by atoms with Gasteiger partial charge in [-0.2, -0.15) is 0 Å². The van der Waals surface area contributed by atoms with Gasteiger partial charge in [-0.15, -0.1) is 0 Å². The number of thiocarbonyl (C=S) groups is 1. The predicted octanol–water partition coefficient (Wildman–Crippen LogP) is 6.34. The zero-order chi connectivity index (χ0) is 25.4. The average molecular weight is 519 g/mol. The molecule has 5 rings (SSSR count). The quantitative estimate of drug-likeness (QED) is 0.301. The van der Waals surface area contributed by atoms with E-state index in [9.17, 15) is 0 Å². The summed E-state index contributed by atoms with van der Waals surface area (Å²) in [4.78, 5) is 6.80. The molecule has 2 atom stereocenters. The Labute approximate surface area is 221 Å². The molecule has 0 spiro atoms. The van der Waals surface area contributed by atoms with Crippen molar-refractivity contribution in [1.29, 1.82) is 0 Å². The number of hydrogen-bond donors (Lipinski definition) is 1. The third-order valence-corrected chi connectivity index (χ3v) is 7.18. The number of anilines is 1. The summed E-state index contributed by atoms with van der Waals surface area (Å²) in [5.41, 5.74) is 6.20. The molecule has 2 aromatic carbocycles. The van der Waals surface area contributed by atoms with Gasteiger partial charge in [-0.3, -0.25) is 4.98 Å². The largest absolute Gasteiger partial charge is 0.497 e. The average Bonchev–Trinajstić information content (AvgIpc) is 3.39. The fourth-order valence-electron chi connectivity index (χ4n) is 4.99. The molecule has 6 nitrogen and oxygen atoms in total. The van der Waals surface area contributed by atoms with Crippen LogP contribution in [0.15, 0.2) is 72.9 Å². The highest BCUT2D eigenvalue weighted by Gasteiger charge is 2.43. The van der Waals surface area contributed by atoms with E-state index in [2.05, 4.69) is 39.7 Å². The Bertz CT molecular complexity index is 1410. The number of aryl methyl sites for hydroxylation is 1. The molecule has 0 bridgehead atoms. The molecule has 184 valence electrons. The molecular formula is C28H27ClN4O2S. The lowest BCUT2D eigenvalue weighted by Gasteiger charge is -2.29. The van der Waals surface area contributed by atoms with E-state index in [-0.39, 0.29) is 12.1 Å². The maximum Gasteiger partial charge on any atom is 0.174 e. The van der Waals surface area contributed by atoms with Gasteiger partial charge in [-0.25, -0.2) is 0 Å². The van der Waals surface area contributed by atoms with Gasteiger partial charge in [0.1, 0.15) is 11.5 Å². The van der Waals surface area contributed by atoms with E-state index < -0.39 is 0 Å². The van der Waals surface area contributed by atoms with Crippen LogP contribution in [0.25, 0.3) is 5.69 Å². The fraction of sp³-hybridized carbons (Fsp3) is 0.214.